The zero-order chi connectivity index (χ0) is 13.9. The fraction of sp³-hybridized carbons (Fsp3) is 0.538. The van der Waals surface area contributed by atoms with Gasteiger partial charge in [-0.3, -0.25) is 0 Å². The summed E-state index contributed by atoms with van der Waals surface area (Å²) >= 11 is 5.91. The number of nitrogens with one attached hydrogen (secondary N) is 1. The second kappa shape index (κ2) is 6.22. The number of halogens is 1. The maximum atomic E-state index is 12.2. The fourth-order valence-corrected chi connectivity index (χ4v) is 3.88. The molecule has 1 aliphatic heterocycles. The molecule has 1 aromatic rings. The van der Waals surface area contributed by atoms with E-state index in [-0.39, 0.29) is 16.0 Å². The standard InChI is InChI=1S/C13H18ClNO3S/c1-10-8-11(6-7-18-10)9-15-19(16,17)13-5-3-2-4-12(13)14/h2-5,10-11,15H,6-9H2,1H3/t10-,11-/m0/s1. The van der Waals surface area contributed by atoms with Crippen molar-refractivity contribution >= 4 is 21.6 Å². The van der Waals surface area contributed by atoms with Crippen LogP contribution in [-0.4, -0.2) is 27.7 Å². The third kappa shape index (κ3) is 3.92. The van der Waals surface area contributed by atoms with Crippen LogP contribution in [0.2, 0.25) is 5.02 Å². The van der Waals surface area contributed by atoms with E-state index < -0.39 is 10.0 Å². The molecule has 0 saturated carbocycles. The van der Waals surface area contributed by atoms with E-state index in [0.29, 0.717) is 19.1 Å². The van der Waals surface area contributed by atoms with E-state index in [1.807, 2.05) is 6.92 Å². The largest absolute Gasteiger partial charge is 0.378 e. The molecular weight excluding hydrogens is 286 g/mol. The van der Waals surface area contributed by atoms with Gasteiger partial charge in [-0.1, -0.05) is 23.7 Å². The molecule has 1 saturated heterocycles. The number of ether oxygens (including phenoxy) is 1. The summed E-state index contributed by atoms with van der Waals surface area (Å²) in [5, 5.41) is 0.246. The molecule has 0 aliphatic carbocycles. The maximum absolute atomic E-state index is 12.2. The van der Waals surface area contributed by atoms with Crippen molar-refractivity contribution in [2.45, 2.75) is 30.8 Å². The van der Waals surface area contributed by atoms with Crippen LogP contribution in [0.15, 0.2) is 29.2 Å². The summed E-state index contributed by atoms with van der Waals surface area (Å²) in [4.78, 5) is 0.136. The van der Waals surface area contributed by atoms with Gasteiger partial charge in [-0.05, 0) is 37.8 Å². The first-order valence-corrected chi connectivity index (χ1v) is 8.21. The summed E-state index contributed by atoms with van der Waals surface area (Å²) in [6.45, 7) is 3.13. The van der Waals surface area contributed by atoms with Crippen molar-refractivity contribution in [1.82, 2.24) is 4.72 Å². The zero-order valence-corrected chi connectivity index (χ0v) is 12.4. The molecule has 19 heavy (non-hydrogen) atoms. The molecule has 0 bridgehead atoms. The third-order valence-electron chi connectivity index (χ3n) is 3.28. The quantitative estimate of drug-likeness (QED) is 0.929. The number of sulfonamides is 1. The Balaban J connectivity index is 2.00. The van der Waals surface area contributed by atoms with Crippen molar-refractivity contribution < 1.29 is 13.2 Å². The number of hydrogen-bond acceptors (Lipinski definition) is 3. The maximum Gasteiger partial charge on any atom is 0.242 e. The van der Waals surface area contributed by atoms with Gasteiger partial charge in [0.05, 0.1) is 11.1 Å². The van der Waals surface area contributed by atoms with Gasteiger partial charge in [0.25, 0.3) is 0 Å². The topological polar surface area (TPSA) is 55.4 Å². The second-order valence-electron chi connectivity index (χ2n) is 4.85. The van der Waals surface area contributed by atoms with Gasteiger partial charge in [0, 0.05) is 13.2 Å². The summed E-state index contributed by atoms with van der Waals surface area (Å²) in [5.41, 5.74) is 0. The predicted molar refractivity (Wildman–Crippen MR) is 74.8 cm³/mol. The van der Waals surface area contributed by atoms with E-state index in [2.05, 4.69) is 4.72 Å². The van der Waals surface area contributed by atoms with Gasteiger partial charge in [-0.25, -0.2) is 13.1 Å². The molecule has 0 aromatic heterocycles. The molecule has 1 aromatic carbocycles. The van der Waals surface area contributed by atoms with Crippen LogP contribution in [0.4, 0.5) is 0 Å². The van der Waals surface area contributed by atoms with Gasteiger partial charge in [-0.2, -0.15) is 0 Å². The van der Waals surface area contributed by atoms with E-state index in [9.17, 15) is 8.42 Å². The fourth-order valence-electron chi connectivity index (χ4n) is 2.24. The molecule has 106 valence electrons. The van der Waals surface area contributed by atoms with Gasteiger partial charge >= 0.3 is 0 Å². The Hall–Kier alpha value is -0.620. The lowest BCUT2D eigenvalue weighted by molar-refractivity contribution is 0.00397. The molecule has 1 aliphatic rings. The van der Waals surface area contributed by atoms with Crippen molar-refractivity contribution in [3.05, 3.63) is 29.3 Å². The van der Waals surface area contributed by atoms with Crippen LogP contribution in [0.25, 0.3) is 0 Å². The molecule has 0 radical (unpaired) electrons. The molecule has 0 unspecified atom stereocenters. The van der Waals surface area contributed by atoms with Crippen molar-refractivity contribution in [2.75, 3.05) is 13.2 Å². The van der Waals surface area contributed by atoms with Crippen LogP contribution < -0.4 is 4.72 Å². The summed E-state index contributed by atoms with van der Waals surface area (Å²) < 4.78 is 32.4. The average molecular weight is 304 g/mol. The average Bonchev–Trinajstić information content (AvgIpc) is 2.37. The van der Waals surface area contributed by atoms with Gasteiger partial charge in [0.15, 0.2) is 0 Å². The van der Waals surface area contributed by atoms with Crippen LogP contribution in [0.5, 0.6) is 0 Å². The number of rotatable bonds is 4. The molecule has 6 heteroatoms. The van der Waals surface area contributed by atoms with Crippen molar-refractivity contribution in [1.29, 1.82) is 0 Å². The Morgan fingerprint density at radius 1 is 1.42 bits per heavy atom. The molecule has 1 fully saturated rings. The lowest BCUT2D eigenvalue weighted by atomic mass is 9.97. The first kappa shape index (κ1) is 14.8. The van der Waals surface area contributed by atoms with Crippen molar-refractivity contribution in [2.24, 2.45) is 5.92 Å². The van der Waals surface area contributed by atoms with E-state index in [1.165, 1.54) is 6.07 Å². The van der Waals surface area contributed by atoms with Gasteiger partial charge in [0.1, 0.15) is 4.90 Å². The molecule has 1 N–H and O–H groups in total. The highest BCUT2D eigenvalue weighted by atomic mass is 35.5. The molecule has 0 amide bonds. The Labute approximate surface area is 119 Å². The minimum absolute atomic E-state index is 0.136. The molecule has 4 nitrogen and oxygen atoms in total. The Morgan fingerprint density at radius 3 is 2.84 bits per heavy atom. The van der Waals surface area contributed by atoms with E-state index in [1.54, 1.807) is 18.2 Å². The first-order valence-electron chi connectivity index (χ1n) is 6.35. The van der Waals surface area contributed by atoms with Crippen LogP contribution in [0, 0.1) is 5.92 Å². The van der Waals surface area contributed by atoms with Gasteiger partial charge in [-0.15, -0.1) is 0 Å². The van der Waals surface area contributed by atoms with Gasteiger partial charge in [0.2, 0.25) is 10.0 Å². The zero-order valence-electron chi connectivity index (χ0n) is 10.8. The normalized spacial score (nSPS) is 24.3. The van der Waals surface area contributed by atoms with E-state index in [4.69, 9.17) is 16.3 Å². The monoisotopic (exact) mass is 303 g/mol. The summed E-state index contributed by atoms with van der Waals surface area (Å²) in [5.74, 6) is 0.320. The lowest BCUT2D eigenvalue weighted by Gasteiger charge is -2.27. The third-order valence-corrected chi connectivity index (χ3v) is 5.21. The van der Waals surface area contributed by atoms with Crippen LogP contribution >= 0.6 is 11.6 Å². The minimum atomic E-state index is -3.53. The minimum Gasteiger partial charge on any atom is -0.378 e. The van der Waals surface area contributed by atoms with Crippen molar-refractivity contribution in [3.63, 3.8) is 0 Å². The highest BCUT2D eigenvalue weighted by molar-refractivity contribution is 7.89. The van der Waals surface area contributed by atoms with Crippen LogP contribution in [0.3, 0.4) is 0 Å². The summed E-state index contributed by atoms with van der Waals surface area (Å²) in [6.07, 6.45) is 1.96. The smallest absolute Gasteiger partial charge is 0.242 e. The summed E-state index contributed by atoms with van der Waals surface area (Å²) in [6, 6.07) is 6.46. The highest BCUT2D eigenvalue weighted by Crippen LogP contribution is 2.22. The molecule has 0 spiro atoms. The Kier molecular flexibility index (Phi) is 4.84. The number of benzene rings is 1. The summed E-state index contributed by atoms with van der Waals surface area (Å²) in [7, 11) is -3.53. The van der Waals surface area contributed by atoms with Crippen molar-refractivity contribution in [3.8, 4) is 0 Å². The van der Waals surface area contributed by atoms with Gasteiger partial charge < -0.3 is 4.74 Å². The van der Waals surface area contributed by atoms with E-state index in [0.717, 1.165) is 12.8 Å². The lowest BCUT2D eigenvalue weighted by Crippen LogP contribution is -2.34. The molecule has 2 atom stereocenters. The van der Waals surface area contributed by atoms with Crippen LogP contribution in [0.1, 0.15) is 19.8 Å². The van der Waals surface area contributed by atoms with Crippen LogP contribution in [-0.2, 0) is 14.8 Å². The second-order valence-corrected chi connectivity index (χ2v) is 7.00. The Bertz CT molecular complexity index is 532. The molecule has 2 rings (SSSR count). The first-order chi connectivity index (χ1) is 8.99. The molecule has 1 heterocycles. The highest BCUT2D eigenvalue weighted by Gasteiger charge is 2.23. The SMILES string of the molecule is C[C@H]1C[C@@H](CNS(=O)(=O)c2ccccc2Cl)CCO1. The van der Waals surface area contributed by atoms with E-state index >= 15 is 0 Å². The molecular formula is C13H18ClNO3S. The number of hydrogen-bond donors (Lipinski definition) is 1. The Morgan fingerprint density at radius 2 is 2.16 bits per heavy atom. The predicted octanol–water partition coefficient (Wildman–Crippen LogP) is 2.43.